The number of morpholine rings is 1. The van der Waals surface area contributed by atoms with Crippen molar-refractivity contribution in [3.8, 4) is 0 Å². The van der Waals surface area contributed by atoms with Crippen molar-refractivity contribution in [1.82, 2.24) is 9.80 Å². The van der Waals surface area contributed by atoms with Gasteiger partial charge in [-0.05, 0) is 18.2 Å². The van der Waals surface area contributed by atoms with E-state index < -0.39 is 0 Å². The Morgan fingerprint density at radius 1 is 1.09 bits per heavy atom. The van der Waals surface area contributed by atoms with Crippen molar-refractivity contribution in [1.29, 1.82) is 0 Å². The van der Waals surface area contributed by atoms with E-state index in [4.69, 9.17) is 16.3 Å². The third-order valence-electron chi connectivity index (χ3n) is 4.55. The summed E-state index contributed by atoms with van der Waals surface area (Å²) in [6.45, 7) is 7.60. The van der Waals surface area contributed by atoms with Crippen molar-refractivity contribution in [2.24, 2.45) is 0 Å². The number of ether oxygens (including phenoxy) is 1. The van der Waals surface area contributed by atoms with Crippen LogP contribution in [-0.2, 0) is 9.53 Å². The summed E-state index contributed by atoms with van der Waals surface area (Å²) < 4.78 is 5.29. The van der Waals surface area contributed by atoms with E-state index in [0.29, 0.717) is 19.6 Å². The Morgan fingerprint density at radius 3 is 2.52 bits per heavy atom. The molecule has 0 saturated carbocycles. The van der Waals surface area contributed by atoms with Gasteiger partial charge in [-0.1, -0.05) is 17.7 Å². The number of piperazine rings is 1. The first kappa shape index (κ1) is 16.6. The van der Waals surface area contributed by atoms with Gasteiger partial charge in [-0.2, -0.15) is 0 Å². The summed E-state index contributed by atoms with van der Waals surface area (Å²) in [5.74, 6) is 0.255. The minimum Gasteiger partial charge on any atom is -0.378 e. The van der Waals surface area contributed by atoms with Crippen LogP contribution in [0.5, 0.6) is 0 Å². The second kappa shape index (κ2) is 7.99. The van der Waals surface area contributed by atoms with Gasteiger partial charge in [-0.15, -0.1) is 0 Å². The first-order valence-electron chi connectivity index (χ1n) is 8.31. The fourth-order valence-electron chi connectivity index (χ4n) is 3.13. The summed E-state index contributed by atoms with van der Waals surface area (Å²) in [6.07, 6.45) is 0.608. The van der Waals surface area contributed by atoms with Gasteiger partial charge < -0.3 is 14.5 Å². The van der Waals surface area contributed by atoms with Crippen LogP contribution in [0.3, 0.4) is 0 Å². The highest BCUT2D eigenvalue weighted by Crippen LogP contribution is 2.20. The fourth-order valence-corrected chi connectivity index (χ4v) is 3.31. The number of hydrogen-bond acceptors (Lipinski definition) is 4. The highest BCUT2D eigenvalue weighted by atomic mass is 35.5. The minimum absolute atomic E-state index is 0.255. The number of carbonyl (C=O) groups excluding carboxylic acids is 1. The first-order valence-corrected chi connectivity index (χ1v) is 8.68. The van der Waals surface area contributed by atoms with E-state index in [1.807, 2.05) is 23.1 Å². The molecule has 0 spiro atoms. The molecule has 5 nitrogen and oxygen atoms in total. The van der Waals surface area contributed by atoms with Gasteiger partial charge in [0.05, 0.1) is 13.2 Å². The summed E-state index contributed by atoms with van der Waals surface area (Å²) in [7, 11) is 0. The molecule has 0 bridgehead atoms. The predicted molar refractivity (Wildman–Crippen MR) is 92.1 cm³/mol. The van der Waals surface area contributed by atoms with Gasteiger partial charge >= 0.3 is 0 Å². The first-order chi connectivity index (χ1) is 11.2. The Hall–Kier alpha value is -1.30. The van der Waals surface area contributed by atoms with Crippen LogP contribution in [0.2, 0.25) is 5.02 Å². The molecule has 0 atom stereocenters. The normalized spacial score (nSPS) is 19.9. The van der Waals surface area contributed by atoms with Crippen molar-refractivity contribution in [3.05, 3.63) is 29.3 Å². The van der Waals surface area contributed by atoms with Gasteiger partial charge in [0.1, 0.15) is 0 Å². The predicted octanol–water partition coefficient (Wildman–Crippen LogP) is 1.71. The lowest BCUT2D eigenvalue weighted by Gasteiger charge is -2.36. The number of benzene rings is 1. The average molecular weight is 338 g/mol. The van der Waals surface area contributed by atoms with E-state index in [9.17, 15) is 4.79 Å². The van der Waals surface area contributed by atoms with Crippen LogP contribution in [0.25, 0.3) is 0 Å². The number of halogens is 1. The molecule has 6 heteroatoms. The maximum absolute atomic E-state index is 12.2. The molecule has 3 rings (SSSR count). The topological polar surface area (TPSA) is 36.0 Å². The SMILES string of the molecule is O=C(CCN1CCN(c2cccc(Cl)c2)CC1)N1CCOCC1. The lowest BCUT2D eigenvalue weighted by atomic mass is 10.2. The zero-order chi connectivity index (χ0) is 16.1. The van der Waals surface area contributed by atoms with E-state index in [-0.39, 0.29) is 5.91 Å². The molecule has 2 aliphatic heterocycles. The van der Waals surface area contributed by atoms with E-state index in [1.54, 1.807) is 0 Å². The molecular weight excluding hydrogens is 314 g/mol. The molecule has 0 unspecified atom stereocenters. The third kappa shape index (κ3) is 4.59. The monoisotopic (exact) mass is 337 g/mol. The number of carbonyl (C=O) groups is 1. The van der Waals surface area contributed by atoms with Crippen LogP contribution >= 0.6 is 11.6 Å². The molecule has 0 aromatic heterocycles. The van der Waals surface area contributed by atoms with Crippen LogP contribution < -0.4 is 4.90 Å². The molecule has 126 valence electrons. The Morgan fingerprint density at radius 2 is 1.83 bits per heavy atom. The maximum atomic E-state index is 12.2. The van der Waals surface area contributed by atoms with Crippen LogP contribution in [0.1, 0.15) is 6.42 Å². The Kier molecular flexibility index (Phi) is 5.75. The van der Waals surface area contributed by atoms with Crippen LogP contribution in [0.15, 0.2) is 24.3 Å². The van der Waals surface area contributed by atoms with Gasteiger partial charge in [0.25, 0.3) is 0 Å². The van der Waals surface area contributed by atoms with Crippen molar-refractivity contribution >= 4 is 23.2 Å². The van der Waals surface area contributed by atoms with Crippen molar-refractivity contribution in [3.63, 3.8) is 0 Å². The highest BCUT2D eigenvalue weighted by Gasteiger charge is 2.20. The third-order valence-corrected chi connectivity index (χ3v) is 4.79. The molecule has 0 N–H and O–H groups in total. The molecule has 1 aromatic rings. The summed E-state index contributed by atoms with van der Waals surface area (Å²) in [4.78, 5) is 18.8. The second-order valence-electron chi connectivity index (χ2n) is 6.05. The average Bonchev–Trinajstić information content (AvgIpc) is 2.61. The Bertz CT molecular complexity index is 526. The van der Waals surface area contributed by atoms with E-state index in [0.717, 1.165) is 50.8 Å². The highest BCUT2D eigenvalue weighted by molar-refractivity contribution is 6.30. The zero-order valence-corrected chi connectivity index (χ0v) is 14.2. The molecule has 1 amide bonds. The summed E-state index contributed by atoms with van der Waals surface area (Å²) in [5, 5.41) is 0.779. The standard InChI is InChI=1S/C17H24ClN3O2/c18-15-2-1-3-16(14-15)20-8-6-19(7-9-20)5-4-17(22)21-10-12-23-13-11-21/h1-3,14H,4-13H2. The van der Waals surface area contributed by atoms with Gasteiger partial charge in [0, 0.05) is 62.9 Å². The number of hydrogen-bond donors (Lipinski definition) is 0. The van der Waals surface area contributed by atoms with E-state index in [2.05, 4.69) is 15.9 Å². The van der Waals surface area contributed by atoms with Gasteiger partial charge in [0.15, 0.2) is 0 Å². The number of anilines is 1. The second-order valence-corrected chi connectivity index (χ2v) is 6.49. The van der Waals surface area contributed by atoms with Crippen LogP contribution in [-0.4, -0.2) is 74.7 Å². The van der Waals surface area contributed by atoms with Gasteiger partial charge in [0.2, 0.25) is 5.91 Å². The molecule has 0 aliphatic carbocycles. The Balaban J connectivity index is 1.41. The number of rotatable bonds is 4. The lowest BCUT2D eigenvalue weighted by molar-refractivity contribution is -0.135. The van der Waals surface area contributed by atoms with Crippen molar-refractivity contribution in [2.75, 3.05) is 63.9 Å². The molecule has 2 heterocycles. The quantitative estimate of drug-likeness (QED) is 0.838. The van der Waals surface area contributed by atoms with Crippen LogP contribution in [0.4, 0.5) is 5.69 Å². The number of nitrogens with zero attached hydrogens (tertiary/aromatic N) is 3. The minimum atomic E-state index is 0.255. The molecule has 0 radical (unpaired) electrons. The number of amides is 1. The van der Waals surface area contributed by atoms with Gasteiger partial charge in [-0.3, -0.25) is 9.69 Å². The molecule has 2 fully saturated rings. The van der Waals surface area contributed by atoms with Crippen LogP contribution in [0, 0.1) is 0 Å². The van der Waals surface area contributed by atoms with Crippen molar-refractivity contribution < 1.29 is 9.53 Å². The largest absolute Gasteiger partial charge is 0.378 e. The Labute approximate surface area is 142 Å². The summed E-state index contributed by atoms with van der Waals surface area (Å²) >= 11 is 6.06. The smallest absolute Gasteiger partial charge is 0.224 e. The zero-order valence-electron chi connectivity index (χ0n) is 13.4. The maximum Gasteiger partial charge on any atom is 0.224 e. The molecule has 1 aromatic carbocycles. The summed E-state index contributed by atoms with van der Waals surface area (Å²) in [6, 6.07) is 8.01. The summed E-state index contributed by atoms with van der Waals surface area (Å²) in [5.41, 5.74) is 1.18. The molecular formula is C17H24ClN3O2. The van der Waals surface area contributed by atoms with Crippen molar-refractivity contribution in [2.45, 2.75) is 6.42 Å². The van der Waals surface area contributed by atoms with Gasteiger partial charge in [-0.25, -0.2) is 0 Å². The lowest BCUT2D eigenvalue weighted by Crippen LogP contribution is -2.48. The fraction of sp³-hybridized carbons (Fsp3) is 0.588. The molecule has 2 aliphatic rings. The van der Waals surface area contributed by atoms with E-state index in [1.165, 1.54) is 5.69 Å². The van der Waals surface area contributed by atoms with E-state index >= 15 is 0 Å². The molecule has 2 saturated heterocycles. The molecule has 23 heavy (non-hydrogen) atoms.